The lowest BCUT2D eigenvalue weighted by Crippen LogP contribution is -2.14. The van der Waals surface area contributed by atoms with Crippen molar-refractivity contribution in [2.75, 3.05) is 6.61 Å². The van der Waals surface area contributed by atoms with E-state index in [1.807, 2.05) is 19.1 Å². The fourth-order valence-electron chi connectivity index (χ4n) is 1.94. The number of pyridine rings is 1. The molecule has 0 radical (unpaired) electrons. The van der Waals surface area contributed by atoms with Crippen LogP contribution in [-0.4, -0.2) is 11.6 Å². The highest BCUT2D eigenvalue weighted by atomic mass is 127. The maximum atomic E-state index is 6.35. The molecule has 0 aliphatic rings. The summed E-state index contributed by atoms with van der Waals surface area (Å²) in [6.07, 6.45) is 3.51. The number of halogens is 1. The summed E-state index contributed by atoms with van der Waals surface area (Å²) >= 11 is 2.34. The molecule has 19 heavy (non-hydrogen) atoms. The van der Waals surface area contributed by atoms with Gasteiger partial charge in [-0.3, -0.25) is 4.98 Å². The van der Waals surface area contributed by atoms with Gasteiger partial charge in [0.1, 0.15) is 5.75 Å². The zero-order valence-electron chi connectivity index (χ0n) is 11.1. The van der Waals surface area contributed by atoms with Gasteiger partial charge in [-0.2, -0.15) is 0 Å². The molecule has 2 rings (SSSR count). The van der Waals surface area contributed by atoms with Crippen molar-refractivity contribution >= 4 is 22.6 Å². The van der Waals surface area contributed by atoms with Crippen molar-refractivity contribution in [3.05, 3.63) is 56.9 Å². The maximum Gasteiger partial charge on any atom is 0.137 e. The molecule has 0 amide bonds. The van der Waals surface area contributed by atoms with E-state index in [1.54, 1.807) is 12.4 Å². The van der Waals surface area contributed by atoms with Crippen LogP contribution in [0.25, 0.3) is 0 Å². The van der Waals surface area contributed by atoms with Gasteiger partial charge in [0, 0.05) is 9.77 Å². The molecule has 1 atom stereocenters. The first-order chi connectivity index (χ1) is 9.13. The minimum absolute atomic E-state index is 0.181. The van der Waals surface area contributed by atoms with Crippen molar-refractivity contribution < 1.29 is 4.74 Å². The molecular formula is C15H17IN2O. The predicted molar refractivity (Wildman–Crippen MR) is 85.3 cm³/mol. The zero-order chi connectivity index (χ0) is 13.8. The SMILES string of the molecule is CCOc1cncc(C(N)c2cccc(C)c2I)c1. The molecular weight excluding hydrogens is 351 g/mol. The smallest absolute Gasteiger partial charge is 0.137 e. The molecule has 0 spiro atoms. The second-order valence-electron chi connectivity index (χ2n) is 4.34. The normalized spacial score (nSPS) is 12.2. The molecule has 1 aromatic heterocycles. The Bertz CT molecular complexity index is 572. The van der Waals surface area contributed by atoms with Gasteiger partial charge >= 0.3 is 0 Å². The third kappa shape index (κ3) is 3.25. The second kappa shape index (κ2) is 6.34. The van der Waals surface area contributed by atoms with E-state index in [4.69, 9.17) is 10.5 Å². The maximum absolute atomic E-state index is 6.35. The third-order valence-corrected chi connectivity index (χ3v) is 4.43. The lowest BCUT2D eigenvalue weighted by Gasteiger charge is -2.16. The Labute approximate surface area is 127 Å². The Morgan fingerprint density at radius 3 is 2.89 bits per heavy atom. The van der Waals surface area contributed by atoms with Crippen molar-refractivity contribution in [2.45, 2.75) is 19.9 Å². The van der Waals surface area contributed by atoms with Crippen LogP contribution in [0.5, 0.6) is 5.75 Å². The summed E-state index contributed by atoms with van der Waals surface area (Å²) in [6, 6.07) is 7.96. The Kier molecular flexibility index (Phi) is 4.76. The fourth-order valence-corrected chi connectivity index (χ4v) is 2.64. The number of nitrogens with two attached hydrogens (primary N) is 1. The summed E-state index contributed by atoms with van der Waals surface area (Å²) in [5, 5.41) is 0. The van der Waals surface area contributed by atoms with Crippen LogP contribution in [0.2, 0.25) is 0 Å². The number of hydrogen-bond donors (Lipinski definition) is 1. The average Bonchev–Trinajstić information content (AvgIpc) is 2.42. The molecule has 4 heteroatoms. The second-order valence-corrected chi connectivity index (χ2v) is 5.42. The van der Waals surface area contributed by atoms with Gasteiger partial charge in [0.2, 0.25) is 0 Å². The van der Waals surface area contributed by atoms with Crippen LogP contribution < -0.4 is 10.5 Å². The molecule has 0 saturated carbocycles. The Morgan fingerprint density at radius 1 is 1.37 bits per heavy atom. The summed E-state index contributed by atoms with van der Waals surface area (Å²) < 4.78 is 6.67. The van der Waals surface area contributed by atoms with Crippen LogP contribution in [0.15, 0.2) is 36.7 Å². The first kappa shape index (κ1) is 14.3. The van der Waals surface area contributed by atoms with Crippen LogP contribution >= 0.6 is 22.6 Å². The monoisotopic (exact) mass is 368 g/mol. The molecule has 3 nitrogen and oxygen atoms in total. The first-order valence-corrected chi connectivity index (χ1v) is 7.29. The average molecular weight is 368 g/mol. The highest BCUT2D eigenvalue weighted by Gasteiger charge is 2.14. The number of aryl methyl sites for hydroxylation is 1. The quantitative estimate of drug-likeness (QED) is 0.842. The number of hydrogen-bond acceptors (Lipinski definition) is 3. The first-order valence-electron chi connectivity index (χ1n) is 6.21. The Hall–Kier alpha value is -1.14. The number of benzene rings is 1. The molecule has 1 heterocycles. The lowest BCUT2D eigenvalue weighted by atomic mass is 9.99. The van der Waals surface area contributed by atoms with Gasteiger partial charge in [-0.25, -0.2) is 0 Å². The standard InChI is InChI=1S/C15H17IN2O/c1-3-19-12-7-11(8-18-9-12)15(17)13-6-4-5-10(2)14(13)16/h4-9,15H,3,17H2,1-2H3. The van der Waals surface area contributed by atoms with Crippen molar-refractivity contribution in [3.63, 3.8) is 0 Å². The van der Waals surface area contributed by atoms with Gasteiger partial charge in [-0.15, -0.1) is 0 Å². The van der Waals surface area contributed by atoms with E-state index in [-0.39, 0.29) is 6.04 Å². The number of ether oxygens (including phenoxy) is 1. The molecule has 0 aliphatic carbocycles. The van der Waals surface area contributed by atoms with Crippen molar-refractivity contribution in [2.24, 2.45) is 5.73 Å². The van der Waals surface area contributed by atoms with Crippen molar-refractivity contribution in [1.29, 1.82) is 0 Å². The van der Waals surface area contributed by atoms with Crippen LogP contribution in [0.1, 0.15) is 29.7 Å². The molecule has 1 unspecified atom stereocenters. The molecule has 2 N–H and O–H groups in total. The van der Waals surface area contributed by atoms with Gasteiger partial charge in [0.05, 0.1) is 18.8 Å². The Morgan fingerprint density at radius 2 is 2.16 bits per heavy atom. The largest absolute Gasteiger partial charge is 0.492 e. The van der Waals surface area contributed by atoms with Crippen LogP contribution in [0, 0.1) is 10.5 Å². The van der Waals surface area contributed by atoms with Crippen LogP contribution in [0.3, 0.4) is 0 Å². The molecule has 0 saturated heterocycles. The fraction of sp³-hybridized carbons (Fsp3) is 0.267. The highest BCUT2D eigenvalue weighted by molar-refractivity contribution is 14.1. The van der Waals surface area contributed by atoms with E-state index in [2.05, 4.69) is 46.6 Å². The zero-order valence-corrected chi connectivity index (χ0v) is 13.2. The van der Waals surface area contributed by atoms with E-state index < -0.39 is 0 Å². The number of nitrogens with zero attached hydrogens (tertiary/aromatic N) is 1. The number of aromatic nitrogens is 1. The lowest BCUT2D eigenvalue weighted by molar-refractivity contribution is 0.338. The summed E-state index contributed by atoms with van der Waals surface area (Å²) in [5.74, 6) is 0.762. The van der Waals surface area contributed by atoms with Gasteiger partial charge < -0.3 is 10.5 Å². The summed E-state index contributed by atoms with van der Waals surface area (Å²) in [6.45, 7) is 4.67. The molecule has 0 aliphatic heterocycles. The predicted octanol–water partition coefficient (Wildman–Crippen LogP) is 3.44. The van der Waals surface area contributed by atoms with Gasteiger partial charge in [-0.1, -0.05) is 18.2 Å². The minimum Gasteiger partial charge on any atom is -0.492 e. The van der Waals surface area contributed by atoms with Crippen molar-refractivity contribution in [3.8, 4) is 5.75 Å². The highest BCUT2D eigenvalue weighted by Crippen LogP contribution is 2.27. The molecule has 0 bridgehead atoms. The third-order valence-electron chi connectivity index (χ3n) is 2.96. The van der Waals surface area contributed by atoms with E-state index >= 15 is 0 Å². The van der Waals surface area contributed by atoms with Gasteiger partial charge in [-0.05, 0) is 59.2 Å². The van der Waals surface area contributed by atoms with Gasteiger partial charge in [0.25, 0.3) is 0 Å². The van der Waals surface area contributed by atoms with E-state index in [0.29, 0.717) is 6.61 Å². The Balaban J connectivity index is 2.35. The summed E-state index contributed by atoms with van der Waals surface area (Å²) in [5.41, 5.74) is 9.68. The van der Waals surface area contributed by atoms with Crippen LogP contribution in [0.4, 0.5) is 0 Å². The molecule has 100 valence electrons. The summed E-state index contributed by atoms with van der Waals surface area (Å²) in [7, 11) is 0. The van der Waals surface area contributed by atoms with E-state index in [0.717, 1.165) is 16.9 Å². The van der Waals surface area contributed by atoms with Crippen molar-refractivity contribution in [1.82, 2.24) is 4.98 Å². The molecule has 1 aromatic carbocycles. The topological polar surface area (TPSA) is 48.1 Å². The number of rotatable bonds is 4. The van der Waals surface area contributed by atoms with Gasteiger partial charge in [0.15, 0.2) is 0 Å². The minimum atomic E-state index is -0.181. The van der Waals surface area contributed by atoms with E-state index in [9.17, 15) is 0 Å². The molecule has 0 fully saturated rings. The van der Waals surface area contributed by atoms with E-state index in [1.165, 1.54) is 9.13 Å². The van der Waals surface area contributed by atoms with Crippen LogP contribution in [-0.2, 0) is 0 Å². The molecule has 2 aromatic rings. The summed E-state index contributed by atoms with van der Waals surface area (Å²) in [4.78, 5) is 4.19.